The fourth-order valence-corrected chi connectivity index (χ4v) is 2.39. The van der Waals surface area contributed by atoms with Crippen molar-refractivity contribution in [3.63, 3.8) is 0 Å². The molecule has 0 aliphatic heterocycles. The van der Waals surface area contributed by atoms with Crippen LogP contribution in [0.2, 0.25) is 0 Å². The van der Waals surface area contributed by atoms with E-state index < -0.39 is 0 Å². The average Bonchev–Trinajstić information content (AvgIpc) is 2.60. The molecule has 0 saturated carbocycles. The van der Waals surface area contributed by atoms with E-state index >= 15 is 0 Å². The molecule has 2 N–H and O–H groups in total. The highest BCUT2D eigenvalue weighted by atomic mass is 16.5. The quantitative estimate of drug-likeness (QED) is 0.621. The molecule has 1 amide bonds. The fraction of sp³-hybridized carbons (Fsp3) is 0.409. The summed E-state index contributed by atoms with van der Waals surface area (Å²) in [6.45, 7) is 9.19. The summed E-state index contributed by atoms with van der Waals surface area (Å²) in [5.41, 5.74) is 1.59. The highest BCUT2D eigenvalue weighted by Crippen LogP contribution is 2.19. The number of hydrogen-bond acceptors (Lipinski definition) is 4. The first-order chi connectivity index (χ1) is 12.9. The van der Waals surface area contributed by atoms with E-state index in [0.29, 0.717) is 18.2 Å². The van der Waals surface area contributed by atoms with Crippen molar-refractivity contribution >= 4 is 17.3 Å². The van der Waals surface area contributed by atoms with Gasteiger partial charge in [0.05, 0.1) is 19.3 Å². The van der Waals surface area contributed by atoms with E-state index in [1.165, 1.54) is 0 Å². The molecule has 2 rings (SSSR count). The third-order valence-corrected chi connectivity index (χ3v) is 3.76. The molecule has 0 aliphatic carbocycles. The molecule has 0 saturated heterocycles. The van der Waals surface area contributed by atoms with Gasteiger partial charge in [0.2, 0.25) is 5.91 Å². The van der Waals surface area contributed by atoms with Gasteiger partial charge in [-0.15, -0.1) is 0 Å². The van der Waals surface area contributed by atoms with E-state index in [9.17, 15) is 4.79 Å². The lowest BCUT2D eigenvalue weighted by atomic mass is 10.1. The van der Waals surface area contributed by atoms with E-state index in [-0.39, 0.29) is 18.6 Å². The number of carbonyl (C=O) groups excluding carboxylic acids is 1. The van der Waals surface area contributed by atoms with Gasteiger partial charge in [-0.2, -0.15) is 0 Å². The molecule has 0 bridgehead atoms. The summed E-state index contributed by atoms with van der Waals surface area (Å²) in [5.74, 6) is 2.09. The van der Waals surface area contributed by atoms with Crippen LogP contribution < -0.4 is 20.1 Å². The van der Waals surface area contributed by atoms with Gasteiger partial charge >= 0.3 is 0 Å². The molecule has 146 valence electrons. The summed E-state index contributed by atoms with van der Waals surface area (Å²) in [5, 5.41) is 5.98. The molecule has 27 heavy (non-hydrogen) atoms. The lowest BCUT2D eigenvalue weighted by Crippen LogP contribution is -2.21. The molecule has 2 aromatic carbocycles. The molecule has 0 aliphatic rings. The molecule has 0 atom stereocenters. The van der Waals surface area contributed by atoms with Gasteiger partial charge in [-0.3, -0.25) is 4.79 Å². The smallest absolute Gasteiger partial charge is 0.243 e. The van der Waals surface area contributed by atoms with E-state index in [0.717, 1.165) is 23.6 Å². The maximum absolute atomic E-state index is 12.2. The van der Waals surface area contributed by atoms with Crippen molar-refractivity contribution in [3.8, 4) is 11.5 Å². The van der Waals surface area contributed by atoms with Crippen LogP contribution in [0.3, 0.4) is 0 Å². The minimum Gasteiger partial charge on any atom is -0.494 e. The van der Waals surface area contributed by atoms with Crippen LogP contribution in [0.5, 0.6) is 11.5 Å². The van der Waals surface area contributed by atoms with Crippen molar-refractivity contribution in [1.29, 1.82) is 0 Å². The molecule has 0 radical (unpaired) electrons. The standard InChI is InChI=1S/C22H30N2O3/c1-16(2)12-13-26-20-10-8-18(9-11-20)23-15-22(25)24-19-6-5-7-21(14-19)27-17(3)4/h5-11,14,16-17,23H,12-13,15H2,1-4H3,(H,24,25). The van der Waals surface area contributed by atoms with Crippen LogP contribution in [0.25, 0.3) is 0 Å². The Labute approximate surface area is 162 Å². The number of hydrogen-bond donors (Lipinski definition) is 2. The maximum atomic E-state index is 12.2. The van der Waals surface area contributed by atoms with Crippen molar-refractivity contribution in [3.05, 3.63) is 48.5 Å². The first kappa shape index (κ1) is 20.6. The molecule has 0 heterocycles. The summed E-state index contributed by atoms with van der Waals surface area (Å²) in [4.78, 5) is 12.2. The Bertz CT molecular complexity index is 712. The summed E-state index contributed by atoms with van der Waals surface area (Å²) in [6.07, 6.45) is 1.12. The number of amides is 1. The van der Waals surface area contributed by atoms with Crippen LogP contribution >= 0.6 is 0 Å². The van der Waals surface area contributed by atoms with Crippen LogP contribution in [-0.4, -0.2) is 25.2 Å². The minimum absolute atomic E-state index is 0.0925. The Kier molecular flexibility index (Phi) is 7.99. The predicted octanol–water partition coefficient (Wildman–Crippen LogP) is 4.95. The van der Waals surface area contributed by atoms with Crippen molar-refractivity contribution in [2.75, 3.05) is 23.8 Å². The van der Waals surface area contributed by atoms with Crippen molar-refractivity contribution in [2.45, 2.75) is 40.2 Å². The van der Waals surface area contributed by atoms with Gasteiger partial charge in [0.1, 0.15) is 11.5 Å². The van der Waals surface area contributed by atoms with Gasteiger partial charge in [0, 0.05) is 17.4 Å². The summed E-state index contributed by atoms with van der Waals surface area (Å²) in [7, 11) is 0. The van der Waals surface area contributed by atoms with E-state index in [4.69, 9.17) is 9.47 Å². The van der Waals surface area contributed by atoms with Crippen molar-refractivity contribution < 1.29 is 14.3 Å². The predicted molar refractivity (Wildman–Crippen MR) is 111 cm³/mol. The third-order valence-electron chi connectivity index (χ3n) is 3.76. The van der Waals surface area contributed by atoms with Crippen molar-refractivity contribution in [2.24, 2.45) is 5.92 Å². The lowest BCUT2D eigenvalue weighted by molar-refractivity contribution is -0.114. The van der Waals surface area contributed by atoms with E-state index in [2.05, 4.69) is 24.5 Å². The monoisotopic (exact) mass is 370 g/mol. The molecule has 2 aromatic rings. The number of ether oxygens (including phenoxy) is 2. The van der Waals surface area contributed by atoms with Crippen molar-refractivity contribution in [1.82, 2.24) is 0 Å². The number of benzene rings is 2. The lowest BCUT2D eigenvalue weighted by Gasteiger charge is -2.12. The minimum atomic E-state index is -0.117. The Hall–Kier alpha value is -2.69. The van der Waals surface area contributed by atoms with Gasteiger partial charge in [-0.05, 0) is 62.6 Å². The van der Waals surface area contributed by atoms with Gasteiger partial charge < -0.3 is 20.1 Å². The van der Waals surface area contributed by atoms with Gasteiger partial charge in [0.15, 0.2) is 0 Å². The molecule has 0 aromatic heterocycles. The Morgan fingerprint density at radius 2 is 1.70 bits per heavy atom. The molecular formula is C22H30N2O3. The SMILES string of the molecule is CC(C)CCOc1ccc(NCC(=O)Nc2cccc(OC(C)C)c2)cc1. The zero-order chi connectivity index (χ0) is 19.6. The topological polar surface area (TPSA) is 59.6 Å². The molecule has 5 heteroatoms. The van der Waals surface area contributed by atoms with Crippen LogP contribution in [0.4, 0.5) is 11.4 Å². The number of carbonyl (C=O) groups is 1. The molecular weight excluding hydrogens is 340 g/mol. The zero-order valence-electron chi connectivity index (χ0n) is 16.6. The maximum Gasteiger partial charge on any atom is 0.243 e. The van der Waals surface area contributed by atoms with Crippen LogP contribution in [0.1, 0.15) is 34.1 Å². The number of anilines is 2. The Balaban J connectivity index is 1.78. The molecule has 5 nitrogen and oxygen atoms in total. The number of nitrogens with one attached hydrogen (secondary N) is 2. The van der Waals surface area contributed by atoms with E-state index in [1.807, 2.05) is 62.4 Å². The van der Waals surface area contributed by atoms with E-state index in [1.54, 1.807) is 0 Å². The normalized spacial score (nSPS) is 10.7. The molecule has 0 spiro atoms. The Morgan fingerprint density at radius 3 is 2.37 bits per heavy atom. The highest BCUT2D eigenvalue weighted by molar-refractivity contribution is 5.93. The Morgan fingerprint density at radius 1 is 0.963 bits per heavy atom. The van der Waals surface area contributed by atoms with Gasteiger partial charge in [-0.25, -0.2) is 0 Å². The zero-order valence-corrected chi connectivity index (χ0v) is 16.6. The second kappa shape index (κ2) is 10.5. The molecule has 0 fully saturated rings. The second-order valence-electron chi connectivity index (χ2n) is 7.15. The highest BCUT2D eigenvalue weighted by Gasteiger charge is 2.05. The average molecular weight is 370 g/mol. The second-order valence-corrected chi connectivity index (χ2v) is 7.15. The summed E-state index contributed by atoms with van der Waals surface area (Å²) >= 11 is 0. The number of rotatable bonds is 10. The molecule has 0 unspecified atom stereocenters. The van der Waals surface area contributed by atoms with Gasteiger partial charge in [0.25, 0.3) is 0 Å². The first-order valence-corrected chi connectivity index (χ1v) is 9.45. The van der Waals surface area contributed by atoms with Crippen LogP contribution in [-0.2, 0) is 4.79 Å². The summed E-state index contributed by atoms with van der Waals surface area (Å²) < 4.78 is 11.3. The fourth-order valence-electron chi connectivity index (χ4n) is 2.39. The van der Waals surface area contributed by atoms with Crippen LogP contribution in [0, 0.1) is 5.92 Å². The summed E-state index contributed by atoms with van der Waals surface area (Å²) in [6, 6.07) is 15.0. The first-order valence-electron chi connectivity index (χ1n) is 9.45. The third kappa shape index (κ3) is 8.03. The van der Waals surface area contributed by atoms with Crippen LogP contribution in [0.15, 0.2) is 48.5 Å². The largest absolute Gasteiger partial charge is 0.494 e. The van der Waals surface area contributed by atoms with Gasteiger partial charge in [-0.1, -0.05) is 19.9 Å².